The number of halogens is 3. The molecule has 12 heteroatoms. The SMILES string of the molecule is Cc1noc(C23C[C@H](C)C[C@H](C2)N3[N-]c2ccc(C(F)(F)F)c(C(N)=N/C=C\N)c2)n1.[Y]. The smallest absolute Gasteiger partial charge is 0.417 e. The van der Waals surface area contributed by atoms with E-state index in [1.807, 2.05) is 5.01 Å². The topological polar surface area (TPSA) is 121 Å². The summed E-state index contributed by atoms with van der Waals surface area (Å²) in [6, 6.07) is 3.72. The van der Waals surface area contributed by atoms with Crippen molar-refractivity contribution in [2.75, 3.05) is 0 Å². The number of aryl methyl sites for hydroxylation is 1. The van der Waals surface area contributed by atoms with Gasteiger partial charge in [0.05, 0.1) is 11.1 Å². The van der Waals surface area contributed by atoms with Crippen LogP contribution >= 0.6 is 0 Å². The fourth-order valence-corrected chi connectivity index (χ4v) is 4.60. The van der Waals surface area contributed by atoms with Crippen molar-refractivity contribution in [2.45, 2.75) is 50.9 Å². The third-order valence-electron chi connectivity index (χ3n) is 5.75. The van der Waals surface area contributed by atoms with Crippen LogP contribution in [0.25, 0.3) is 5.43 Å². The molecule has 1 aliphatic carbocycles. The molecule has 4 N–H and O–H groups in total. The maximum absolute atomic E-state index is 13.5. The fraction of sp³-hybridized carbons (Fsp3) is 0.450. The van der Waals surface area contributed by atoms with Crippen LogP contribution in [0, 0.1) is 12.8 Å². The van der Waals surface area contributed by atoms with Crippen LogP contribution in [0.15, 0.2) is 40.1 Å². The first kappa shape index (κ1) is 24.7. The maximum atomic E-state index is 13.5. The number of aromatic nitrogens is 2. The summed E-state index contributed by atoms with van der Waals surface area (Å²) in [5, 5.41) is 5.79. The number of alkyl halides is 3. The molecule has 2 heterocycles. The average molecular weight is 523 g/mol. The number of hydrogen-bond donors (Lipinski definition) is 2. The molecule has 1 radical (unpaired) electrons. The third kappa shape index (κ3) is 4.42. The summed E-state index contributed by atoms with van der Waals surface area (Å²) in [7, 11) is 0. The number of piperidine rings is 1. The van der Waals surface area contributed by atoms with E-state index in [2.05, 4.69) is 27.5 Å². The number of hydrogen-bond acceptors (Lipinski definition) is 6. The first-order valence-corrected chi connectivity index (χ1v) is 9.87. The molecular weight excluding hydrogens is 500 g/mol. The summed E-state index contributed by atoms with van der Waals surface area (Å²) < 4.78 is 45.9. The molecule has 1 aliphatic heterocycles. The van der Waals surface area contributed by atoms with Gasteiger partial charge in [0.25, 0.3) is 0 Å². The molecule has 1 unspecified atom stereocenters. The Bertz CT molecular complexity index is 1040. The van der Waals surface area contributed by atoms with Gasteiger partial charge in [0.2, 0.25) is 5.89 Å². The summed E-state index contributed by atoms with van der Waals surface area (Å²) in [6.45, 7) is 3.90. The van der Waals surface area contributed by atoms with Crippen molar-refractivity contribution in [1.82, 2.24) is 15.1 Å². The Morgan fingerprint density at radius 2 is 2.12 bits per heavy atom. The van der Waals surface area contributed by atoms with E-state index < -0.39 is 17.3 Å². The zero-order valence-corrected chi connectivity index (χ0v) is 20.5. The van der Waals surface area contributed by atoms with E-state index >= 15 is 0 Å². The largest absolute Gasteiger partial charge is 0.619 e. The molecule has 2 aliphatic rings. The maximum Gasteiger partial charge on any atom is 0.417 e. The Hall–Kier alpha value is -1.98. The molecule has 1 saturated carbocycles. The molecule has 1 aromatic heterocycles. The van der Waals surface area contributed by atoms with E-state index in [0.717, 1.165) is 37.7 Å². The van der Waals surface area contributed by atoms with Crippen LogP contribution in [0.3, 0.4) is 0 Å². The molecule has 0 amide bonds. The minimum atomic E-state index is -4.59. The summed E-state index contributed by atoms with van der Waals surface area (Å²) >= 11 is 0. The molecule has 3 atom stereocenters. The van der Waals surface area contributed by atoms with Crippen LogP contribution in [-0.4, -0.2) is 27.0 Å². The van der Waals surface area contributed by atoms with Crippen molar-refractivity contribution < 1.29 is 50.4 Å². The molecule has 4 rings (SSSR count). The quantitative estimate of drug-likeness (QED) is 0.454. The van der Waals surface area contributed by atoms with Gasteiger partial charge in [-0.25, -0.2) is 4.99 Å². The molecule has 32 heavy (non-hydrogen) atoms. The van der Waals surface area contributed by atoms with Gasteiger partial charge >= 0.3 is 6.18 Å². The van der Waals surface area contributed by atoms with Gasteiger partial charge in [0.15, 0.2) is 5.82 Å². The van der Waals surface area contributed by atoms with Crippen molar-refractivity contribution >= 4 is 11.5 Å². The average Bonchev–Trinajstić information content (AvgIpc) is 3.15. The Morgan fingerprint density at radius 1 is 1.38 bits per heavy atom. The first-order valence-electron chi connectivity index (χ1n) is 9.87. The van der Waals surface area contributed by atoms with Crippen molar-refractivity contribution in [3.63, 3.8) is 0 Å². The van der Waals surface area contributed by atoms with Crippen LogP contribution in [0.1, 0.15) is 49.0 Å². The second-order valence-electron chi connectivity index (χ2n) is 8.11. The molecule has 1 saturated heterocycles. The van der Waals surface area contributed by atoms with Crippen LogP contribution in [0.4, 0.5) is 18.9 Å². The van der Waals surface area contributed by atoms with Gasteiger partial charge in [0.1, 0.15) is 5.84 Å². The van der Waals surface area contributed by atoms with Gasteiger partial charge in [-0.15, -0.1) is 5.69 Å². The predicted molar refractivity (Wildman–Crippen MR) is 108 cm³/mol. The van der Waals surface area contributed by atoms with E-state index in [1.54, 1.807) is 6.92 Å². The van der Waals surface area contributed by atoms with Crippen LogP contribution < -0.4 is 11.5 Å². The second kappa shape index (κ2) is 9.11. The number of nitrogens with zero attached hydrogens (tertiary/aromatic N) is 5. The van der Waals surface area contributed by atoms with E-state index in [1.165, 1.54) is 12.1 Å². The molecule has 169 valence electrons. The number of benzene rings is 1. The Kier molecular flexibility index (Phi) is 7.02. The van der Waals surface area contributed by atoms with Gasteiger partial charge in [-0.3, -0.25) is 0 Å². The second-order valence-corrected chi connectivity index (χ2v) is 8.11. The molecule has 0 spiro atoms. The van der Waals surface area contributed by atoms with Crippen molar-refractivity contribution in [2.24, 2.45) is 22.4 Å². The number of amidine groups is 1. The summed E-state index contributed by atoms with van der Waals surface area (Å²) in [4.78, 5) is 8.18. The molecule has 2 fully saturated rings. The van der Waals surface area contributed by atoms with Gasteiger partial charge < -0.3 is 26.4 Å². The molecule has 2 bridgehead atoms. The molecule has 8 nitrogen and oxygen atoms in total. The molecular formula is C20H23F3N7OY-. The standard InChI is InChI=1S/C20H23F3N7O.Y/c1-11-7-14-10-19(9-11,18-27-12(2)29-31-18)30(14)28-13-3-4-16(20(21,22)23)15(8-13)17(25)26-6-5-24;/h3-6,8,11,14H,7,9-10,24H2,1-2H3,(H2,25,26);/q-1;/b6-5-;/t11-,14-,19?;/m1./s1. The number of nitrogens with two attached hydrogens (primary N) is 2. The zero-order valence-electron chi connectivity index (χ0n) is 17.7. The van der Waals surface area contributed by atoms with Crippen molar-refractivity contribution in [3.05, 3.63) is 58.9 Å². The van der Waals surface area contributed by atoms with Gasteiger partial charge in [-0.1, -0.05) is 30.3 Å². The Labute approximate surface area is 208 Å². The van der Waals surface area contributed by atoms with Crippen LogP contribution in [0.2, 0.25) is 0 Å². The third-order valence-corrected chi connectivity index (χ3v) is 5.75. The molecule has 2 aromatic rings. The number of fused-ring (bicyclic) bond motifs is 2. The Balaban J connectivity index is 0.00000289. The molecule has 1 aromatic carbocycles. The van der Waals surface area contributed by atoms with E-state index in [0.29, 0.717) is 23.3 Å². The van der Waals surface area contributed by atoms with Crippen LogP contribution in [0.5, 0.6) is 0 Å². The number of rotatable bonds is 5. The Morgan fingerprint density at radius 3 is 2.75 bits per heavy atom. The summed E-state index contributed by atoms with van der Waals surface area (Å²) in [5.74, 6) is 1.15. The van der Waals surface area contributed by atoms with Gasteiger partial charge in [-0.2, -0.15) is 18.2 Å². The van der Waals surface area contributed by atoms with Crippen molar-refractivity contribution in [3.8, 4) is 0 Å². The van der Waals surface area contributed by atoms with Crippen LogP contribution in [-0.2, 0) is 44.4 Å². The first-order chi connectivity index (χ1) is 14.6. The van der Waals surface area contributed by atoms with Gasteiger partial charge in [0, 0.05) is 50.7 Å². The zero-order chi connectivity index (χ0) is 22.4. The van der Waals surface area contributed by atoms with Crippen molar-refractivity contribution in [1.29, 1.82) is 0 Å². The minimum Gasteiger partial charge on any atom is -0.619 e. The normalized spacial score (nSPS) is 26.0. The minimum absolute atomic E-state index is 0. The fourth-order valence-electron chi connectivity index (χ4n) is 4.60. The van der Waals surface area contributed by atoms with Gasteiger partial charge in [-0.05, 0) is 38.1 Å². The number of aliphatic imine (C=N–C) groups is 1. The predicted octanol–water partition coefficient (Wildman–Crippen LogP) is 3.85. The monoisotopic (exact) mass is 523 g/mol. The van der Waals surface area contributed by atoms with E-state index in [-0.39, 0.29) is 50.2 Å². The van der Waals surface area contributed by atoms with E-state index in [4.69, 9.17) is 16.0 Å². The van der Waals surface area contributed by atoms with E-state index in [9.17, 15) is 13.2 Å². The summed E-state index contributed by atoms with van der Waals surface area (Å²) in [5.41, 5.74) is 14.3. The summed E-state index contributed by atoms with van der Waals surface area (Å²) in [6.07, 6.45) is 0.136.